The van der Waals surface area contributed by atoms with Gasteiger partial charge in [0.25, 0.3) is 0 Å². The summed E-state index contributed by atoms with van der Waals surface area (Å²) in [5.41, 5.74) is 5.18. The third-order valence-corrected chi connectivity index (χ3v) is 2.89. The highest BCUT2D eigenvalue weighted by molar-refractivity contribution is 7.80. The molecule has 1 amide bonds. The van der Waals surface area contributed by atoms with Crippen LogP contribution < -0.4 is 16.2 Å². The normalized spacial score (nSPS) is 11.7. The fourth-order valence-corrected chi connectivity index (χ4v) is 1.64. The maximum absolute atomic E-state index is 11.5. The van der Waals surface area contributed by atoms with E-state index in [1.54, 1.807) is 10.9 Å². The van der Waals surface area contributed by atoms with Crippen LogP contribution in [0.15, 0.2) is 12.4 Å². The number of nitrogens with zero attached hydrogens (tertiary/aromatic N) is 2. The molecule has 0 aliphatic carbocycles. The monoisotopic (exact) mass is 303 g/mol. The van der Waals surface area contributed by atoms with Crippen LogP contribution in [0.3, 0.4) is 0 Å². The van der Waals surface area contributed by atoms with Gasteiger partial charge in [-0.2, -0.15) is 5.10 Å². The Morgan fingerprint density at radius 3 is 2.89 bits per heavy atom. The second-order valence-electron chi connectivity index (χ2n) is 4.13. The van der Waals surface area contributed by atoms with Crippen LogP contribution >= 0.6 is 23.8 Å². The van der Waals surface area contributed by atoms with Gasteiger partial charge in [-0.25, -0.2) is 0 Å². The number of halogens is 1. The van der Waals surface area contributed by atoms with E-state index in [-0.39, 0.29) is 18.4 Å². The van der Waals surface area contributed by atoms with Gasteiger partial charge in [0, 0.05) is 25.2 Å². The van der Waals surface area contributed by atoms with Gasteiger partial charge < -0.3 is 5.32 Å². The summed E-state index contributed by atoms with van der Waals surface area (Å²) in [5.74, 6) is -0.167. The highest BCUT2D eigenvalue weighted by atomic mass is 35.5. The molecular formula is C11H18ClN5OS. The third-order valence-electron chi connectivity index (χ3n) is 2.48. The van der Waals surface area contributed by atoms with E-state index < -0.39 is 0 Å². The molecule has 0 saturated heterocycles. The molecule has 1 unspecified atom stereocenters. The third kappa shape index (κ3) is 6.40. The molecule has 6 nitrogen and oxygen atoms in total. The van der Waals surface area contributed by atoms with Crippen LogP contribution in [0.5, 0.6) is 0 Å². The number of carbonyl (C=O) groups excluding carboxylic acids is 1. The lowest BCUT2D eigenvalue weighted by Crippen LogP contribution is -2.49. The molecule has 0 spiro atoms. The molecule has 3 N–H and O–H groups in total. The standard InChI is InChI=1S/C11H18ClN5OS/c1-3-8(2)14-11(19)16-15-10(18)4-5-17-7-9(12)6-13-17/h6-8H,3-5H2,1-2H3,(H,15,18)(H2,14,16,19). The van der Waals surface area contributed by atoms with E-state index in [4.69, 9.17) is 23.8 Å². The first-order valence-electron chi connectivity index (χ1n) is 6.04. The van der Waals surface area contributed by atoms with Crippen molar-refractivity contribution in [3.8, 4) is 0 Å². The average molecular weight is 304 g/mol. The molecule has 8 heteroatoms. The van der Waals surface area contributed by atoms with E-state index in [9.17, 15) is 4.79 Å². The number of amides is 1. The quantitative estimate of drug-likeness (QED) is 0.563. The van der Waals surface area contributed by atoms with Crippen molar-refractivity contribution in [3.63, 3.8) is 0 Å². The highest BCUT2D eigenvalue weighted by Gasteiger charge is 2.05. The molecule has 0 fully saturated rings. The molecule has 1 atom stereocenters. The van der Waals surface area contributed by atoms with Gasteiger partial charge in [0.05, 0.1) is 11.2 Å². The van der Waals surface area contributed by atoms with E-state index in [0.29, 0.717) is 16.7 Å². The van der Waals surface area contributed by atoms with Crippen LogP contribution in [-0.4, -0.2) is 26.8 Å². The SMILES string of the molecule is CCC(C)NC(=S)NNC(=O)CCn1cc(Cl)cn1. The number of aryl methyl sites for hydroxylation is 1. The minimum atomic E-state index is -0.167. The summed E-state index contributed by atoms with van der Waals surface area (Å²) in [6.45, 7) is 4.52. The van der Waals surface area contributed by atoms with Crippen molar-refractivity contribution < 1.29 is 4.79 Å². The highest BCUT2D eigenvalue weighted by Crippen LogP contribution is 2.04. The Balaban J connectivity index is 2.19. The number of hydrogen-bond acceptors (Lipinski definition) is 3. The van der Waals surface area contributed by atoms with Gasteiger partial charge >= 0.3 is 0 Å². The average Bonchev–Trinajstić information content (AvgIpc) is 2.79. The van der Waals surface area contributed by atoms with Gasteiger partial charge in [-0.1, -0.05) is 18.5 Å². The van der Waals surface area contributed by atoms with Gasteiger partial charge in [-0.05, 0) is 25.6 Å². The second-order valence-corrected chi connectivity index (χ2v) is 4.97. The Morgan fingerprint density at radius 2 is 2.32 bits per heavy atom. The van der Waals surface area contributed by atoms with Crippen molar-refractivity contribution in [2.45, 2.75) is 39.3 Å². The molecule has 1 aromatic rings. The van der Waals surface area contributed by atoms with Gasteiger partial charge in [-0.15, -0.1) is 0 Å². The number of nitrogens with one attached hydrogen (secondary N) is 3. The lowest BCUT2D eigenvalue weighted by Gasteiger charge is -2.15. The van der Waals surface area contributed by atoms with Crippen molar-refractivity contribution in [3.05, 3.63) is 17.4 Å². The number of aromatic nitrogens is 2. The molecule has 1 rings (SSSR count). The predicted octanol–water partition coefficient (Wildman–Crippen LogP) is 1.22. The van der Waals surface area contributed by atoms with Gasteiger partial charge in [-0.3, -0.25) is 20.3 Å². The number of hydrogen-bond donors (Lipinski definition) is 3. The zero-order valence-corrected chi connectivity index (χ0v) is 12.5. The summed E-state index contributed by atoms with van der Waals surface area (Å²) < 4.78 is 1.61. The number of thiocarbonyl (C=S) groups is 1. The largest absolute Gasteiger partial charge is 0.359 e. The Bertz CT molecular complexity index is 436. The summed E-state index contributed by atoms with van der Waals surface area (Å²) in [6.07, 6.45) is 4.44. The molecule has 0 saturated carbocycles. The zero-order chi connectivity index (χ0) is 14.3. The van der Waals surface area contributed by atoms with Crippen LogP contribution in [0.25, 0.3) is 0 Å². The molecule has 0 aromatic carbocycles. The Morgan fingerprint density at radius 1 is 1.58 bits per heavy atom. The minimum absolute atomic E-state index is 0.167. The fourth-order valence-electron chi connectivity index (χ4n) is 1.23. The van der Waals surface area contributed by atoms with Crippen molar-refractivity contribution in [1.29, 1.82) is 0 Å². The molecule has 1 heterocycles. The summed E-state index contributed by atoms with van der Waals surface area (Å²) in [5, 5.41) is 7.97. The van der Waals surface area contributed by atoms with Crippen molar-refractivity contribution >= 4 is 34.8 Å². The summed E-state index contributed by atoms with van der Waals surface area (Å²) >= 11 is 10.7. The molecule has 0 aliphatic rings. The minimum Gasteiger partial charge on any atom is -0.359 e. The van der Waals surface area contributed by atoms with Gasteiger partial charge in [0.2, 0.25) is 5.91 Å². The fraction of sp³-hybridized carbons (Fsp3) is 0.545. The molecule has 106 valence electrons. The maximum atomic E-state index is 11.5. The van der Waals surface area contributed by atoms with Gasteiger partial charge in [0.15, 0.2) is 5.11 Å². The van der Waals surface area contributed by atoms with Crippen LogP contribution in [0.1, 0.15) is 26.7 Å². The Kier molecular flexibility index (Phi) is 6.58. The van der Waals surface area contributed by atoms with Crippen LogP contribution in [0.2, 0.25) is 5.02 Å². The molecule has 1 aromatic heterocycles. The Labute approximate surface area is 122 Å². The number of rotatable bonds is 5. The predicted molar refractivity (Wildman–Crippen MR) is 78.6 cm³/mol. The smallest absolute Gasteiger partial charge is 0.240 e. The van der Waals surface area contributed by atoms with Crippen LogP contribution in [0.4, 0.5) is 0 Å². The molecule has 0 radical (unpaired) electrons. The first kappa shape index (κ1) is 15.7. The topological polar surface area (TPSA) is 71.0 Å². The lowest BCUT2D eigenvalue weighted by molar-refractivity contribution is -0.121. The lowest BCUT2D eigenvalue weighted by atomic mass is 10.3. The van der Waals surface area contributed by atoms with Crippen LogP contribution in [-0.2, 0) is 11.3 Å². The molecule has 0 bridgehead atoms. The second kappa shape index (κ2) is 7.96. The summed E-state index contributed by atoms with van der Waals surface area (Å²) in [7, 11) is 0. The van der Waals surface area contributed by atoms with E-state index in [0.717, 1.165) is 6.42 Å². The van der Waals surface area contributed by atoms with E-state index >= 15 is 0 Å². The van der Waals surface area contributed by atoms with E-state index in [2.05, 4.69) is 21.3 Å². The first-order chi connectivity index (χ1) is 9.01. The van der Waals surface area contributed by atoms with E-state index in [1.165, 1.54) is 6.20 Å². The number of hydrazine groups is 1. The van der Waals surface area contributed by atoms with E-state index in [1.807, 2.05) is 13.8 Å². The summed E-state index contributed by atoms with van der Waals surface area (Å²) in [6, 6.07) is 0.267. The first-order valence-corrected chi connectivity index (χ1v) is 6.83. The summed E-state index contributed by atoms with van der Waals surface area (Å²) in [4.78, 5) is 11.5. The Hall–Kier alpha value is -1.34. The van der Waals surface area contributed by atoms with Crippen molar-refractivity contribution in [2.24, 2.45) is 0 Å². The molecule has 19 heavy (non-hydrogen) atoms. The van der Waals surface area contributed by atoms with Crippen molar-refractivity contribution in [1.82, 2.24) is 25.9 Å². The van der Waals surface area contributed by atoms with Crippen LogP contribution in [0, 0.1) is 0 Å². The number of carbonyl (C=O) groups is 1. The van der Waals surface area contributed by atoms with Gasteiger partial charge in [0.1, 0.15) is 0 Å². The zero-order valence-electron chi connectivity index (χ0n) is 10.9. The molecular weight excluding hydrogens is 286 g/mol. The molecule has 0 aliphatic heterocycles. The van der Waals surface area contributed by atoms with Crippen molar-refractivity contribution in [2.75, 3.05) is 0 Å². The maximum Gasteiger partial charge on any atom is 0.240 e.